The number of thioether (sulfide) groups is 1. The van der Waals surface area contributed by atoms with Crippen molar-refractivity contribution in [2.75, 3.05) is 11.5 Å². The molecule has 1 aliphatic rings. The van der Waals surface area contributed by atoms with E-state index >= 15 is 0 Å². The van der Waals surface area contributed by atoms with Gasteiger partial charge in [-0.3, -0.25) is 4.55 Å². The standard InChI is InChI=1S/C4H8O4S2/c5-4(10(6,7)8)1-2-9-3-4/h5H,1-3H2,(H,6,7,8). The van der Waals surface area contributed by atoms with Crippen LogP contribution in [-0.4, -0.2) is 34.5 Å². The zero-order chi connectivity index (χ0) is 7.83. The Labute approximate surface area is 63.4 Å². The van der Waals surface area contributed by atoms with Crippen molar-refractivity contribution in [2.45, 2.75) is 11.4 Å². The zero-order valence-corrected chi connectivity index (χ0v) is 6.78. The molecule has 2 N–H and O–H groups in total. The van der Waals surface area contributed by atoms with Crippen LogP contribution in [0.3, 0.4) is 0 Å². The van der Waals surface area contributed by atoms with E-state index in [1.807, 2.05) is 0 Å². The van der Waals surface area contributed by atoms with Crippen LogP contribution >= 0.6 is 11.8 Å². The van der Waals surface area contributed by atoms with Gasteiger partial charge in [-0.25, -0.2) is 0 Å². The summed E-state index contributed by atoms with van der Waals surface area (Å²) in [5.74, 6) is 0.655. The van der Waals surface area contributed by atoms with Gasteiger partial charge in [0.25, 0.3) is 10.1 Å². The van der Waals surface area contributed by atoms with Gasteiger partial charge in [0.15, 0.2) is 0 Å². The Morgan fingerprint density at radius 3 is 2.30 bits per heavy atom. The molecule has 0 aliphatic carbocycles. The Morgan fingerprint density at radius 2 is 2.10 bits per heavy atom. The fraction of sp³-hybridized carbons (Fsp3) is 1.00. The summed E-state index contributed by atoms with van der Waals surface area (Å²) in [7, 11) is -4.27. The van der Waals surface area contributed by atoms with E-state index in [2.05, 4.69) is 0 Å². The topological polar surface area (TPSA) is 74.6 Å². The molecule has 6 heteroatoms. The third-order valence-electron chi connectivity index (χ3n) is 1.44. The smallest absolute Gasteiger partial charge is 0.295 e. The van der Waals surface area contributed by atoms with Gasteiger partial charge >= 0.3 is 0 Å². The van der Waals surface area contributed by atoms with E-state index in [0.717, 1.165) is 0 Å². The van der Waals surface area contributed by atoms with Crippen LogP contribution in [0.25, 0.3) is 0 Å². The maximum Gasteiger partial charge on any atom is 0.295 e. The Bertz CT molecular complexity index is 213. The predicted molar refractivity (Wildman–Crippen MR) is 38.4 cm³/mol. The van der Waals surface area contributed by atoms with Gasteiger partial charge in [0.1, 0.15) is 0 Å². The Hall–Kier alpha value is 0.220. The second kappa shape index (κ2) is 2.37. The van der Waals surface area contributed by atoms with Gasteiger partial charge in [0, 0.05) is 12.2 Å². The second-order valence-electron chi connectivity index (χ2n) is 2.22. The summed E-state index contributed by atoms with van der Waals surface area (Å²) < 4.78 is 29.4. The molecule has 0 amide bonds. The number of hydrogen-bond donors (Lipinski definition) is 2. The van der Waals surface area contributed by atoms with Crippen molar-refractivity contribution < 1.29 is 18.1 Å². The minimum Gasteiger partial charge on any atom is -0.372 e. The van der Waals surface area contributed by atoms with Gasteiger partial charge in [-0.15, -0.1) is 0 Å². The van der Waals surface area contributed by atoms with Gasteiger partial charge in [0.05, 0.1) is 0 Å². The third-order valence-corrected chi connectivity index (χ3v) is 4.11. The average molecular weight is 184 g/mol. The highest BCUT2D eigenvalue weighted by molar-refractivity contribution is 8.01. The second-order valence-corrected chi connectivity index (χ2v) is 5.04. The maximum absolute atomic E-state index is 10.4. The molecule has 0 saturated carbocycles. The molecule has 1 rings (SSSR count). The van der Waals surface area contributed by atoms with Crippen molar-refractivity contribution in [1.82, 2.24) is 0 Å². The van der Waals surface area contributed by atoms with Crippen LogP contribution in [0.2, 0.25) is 0 Å². The first kappa shape index (κ1) is 8.32. The highest BCUT2D eigenvalue weighted by Gasteiger charge is 2.43. The molecular formula is C4H8O4S2. The van der Waals surface area contributed by atoms with Gasteiger partial charge in [-0.2, -0.15) is 20.2 Å². The molecule has 0 aromatic rings. The molecule has 1 unspecified atom stereocenters. The van der Waals surface area contributed by atoms with Crippen LogP contribution in [0.15, 0.2) is 0 Å². The van der Waals surface area contributed by atoms with E-state index in [1.165, 1.54) is 11.8 Å². The van der Waals surface area contributed by atoms with Gasteiger partial charge < -0.3 is 5.11 Å². The monoisotopic (exact) mass is 184 g/mol. The molecule has 0 aromatic carbocycles. The highest BCUT2D eigenvalue weighted by Crippen LogP contribution is 2.31. The molecule has 10 heavy (non-hydrogen) atoms. The van der Waals surface area contributed by atoms with E-state index in [0.29, 0.717) is 5.75 Å². The molecule has 1 saturated heterocycles. The van der Waals surface area contributed by atoms with Gasteiger partial charge in [-0.1, -0.05) is 0 Å². The van der Waals surface area contributed by atoms with E-state index in [9.17, 15) is 8.42 Å². The number of rotatable bonds is 1. The highest BCUT2D eigenvalue weighted by atomic mass is 32.2. The molecule has 0 aromatic heterocycles. The van der Waals surface area contributed by atoms with Gasteiger partial charge in [0.2, 0.25) is 4.93 Å². The molecule has 0 bridgehead atoms. The molecule has 1 fully saturated rings. The third kappa shape index (κ3) is 1.29. The Kier molecular flexibility index (Phi) is 1.97. The van der Waals surface area contributed by atoms with Crippen LogP contribution in [0.1, 0.15) is 6.42 Å². The summed E-state index contributed by atoms with van der Waals surface area (Å²) in [4.78, 5) is -1.88. The average Bonchev–Trinajstić information content (AvgIpc) is 2.13. The minimum atomic E-state index is -4.27. The molecule has 60 valence electrons. The molecule has 0 radical (unpaired) electrons. The van der Waals surface area contributed by atoms with Crippen LogP contribution in [0, 0.1) is 0 Å². The van der Waals surface area contributed by atoms with Crippen LogP contribution in [0.4, 0.5) is 0 Å². The predicted octanol–water partition coefficient (Wildman–Crippen LogP) is -0.300. The Morgan fingerprint density at radius 1 is 1.50 bits per heavy atom. The van der Waals surface area contributed by atoms with E-state index in [4.69, 9.17) is 9.66 Å². The van der Waals surface area contributed by atoms with Gasteiger partial charge in [-0.05, 0) is 5.75 Å². The largest absolute Gasteiger partial charge is 0.372 e. The molecule has 4 nitrogen and oxygen atoms in total. The SMILES string of the molecule is O=S(=O)(O)C1(O)CCSC1. The summed E-state index contributed by atoms with van der Waals surface area (Å²) in [5.41, 5.74) is 0. The lowest BCUT2D eigenvalue weighted by atomic mass is 10.3. The van der Waals surface area contributed by atoms with E-state index < -0.39 is 15.1 Å². The molecule has 1 atom stereocenters. The lowest BCUT2D eigenvalue weighted by molar-refractivity contribution is 0.140. The van der Waals surface area contributed by atoms with Crippen LogP contribution in [0.5, 0.6) is 0 Å². The van der Waals surface area contributed by atoms with Crippen molar-refractivity contribution in [1.29, 1.82) is 0 Å². The van der Waals surface area contributed by atoms with Crippen LogP contribution < -0.4 is 0 Å². The fourth-order valence-electron chi connectivity index (χ4n) is 0.739. The first-order chi connectivity index (χ1) is 4.46. The van der Waals surface area contributed by atoms with E-state index in [-0.39, 0.29) is 12.2 Å². The molecular weight excluding hydrogens is 176 g/mol. The summed E-state index contributed by atoms with van der Waals surface area (Å²) in [6.45, 7) is 0. The van der Waals surface area contributed by atoms with Crippen molar-refractivity contribution in [3.63, 3.8) is 0 Å². The van der Waals surface area contributed by atoms with E-state index in [1.54, 1.807) is 0 Å². The normalized spacial score (nSPS) is 34.6. The number of hydrogen-bond acceptors (Lipinski definition) is 4. The minimum absolute atomic E-state index is 0.0752. The summed E-state index contributed by atoms with van der Waals surface area (Å²) in [6.07, 6.45) is 0.122. The lowest BCUT2D eigenvalue weighted by Crippen LogP contribution is -2.37. The maximum atomic E-state index is 10.4. The lowest BCUT2D eigenvalue weighted by Gasteiger charge is -2.15. The molecule has 0 spiro atoms. The quantitative estimate of drug-likeness (QED) is 0.547. The van der Waals surface area contributed by atoms with Crippen LogP contribution in [-0.2, 0) is 10.1 Å². The summed E-state index contributed by atoms with van der Waals surface area (Å²) >= 11 is 1.32. The summed E-state index contributed by atoms with van der Waals surface area (Å²) in [6, 6.07) is 0. The first-order valence-corrected chi connectivity index (χ1v) is 5.32. The van der Waals surface area contributed by atoms with Crippen molar-refractivity contribution in [3.8, 4) is 0 Å². The first-order valence-electron chi connectivity index (χ1n) is 2.73. The molecule has 1 aliphatic heterocycles. The van der Waals surface area contributed by atoms with Crippen molar-refractivity contribution in [2.24, 2.45) is 0 Å². The fourth-order valence-corrected chi connectivity index (χ4v) is 3.16. The molecule has 1 heterocycles. The summed E-state index contributed by atoms with van der Waals surface area (Å²) in [5, 5.41) is 9.17. The van der Waals surface area contributed by atoms with Crippen molar-refractivity contribution in [3.05, 3.63) is 0 Å². The zero-order valence-electron chi connectivity index (χ0n) is 5.15. The Balaban J connectivity index is 2.88. The number of aliphatic hydroxyl groups is 1. The van der Waals surface area contributed by atoms with Crippen molar-refractivity contribution >= 4 is 21.9 Å².